The van der Waals surface area contributed by atoms with E-state index in [1.54, 1.807) is 12.3 Å². The Labute approximate surface area is 99.9 Å². The average molecular weight is 230 g/mol. The molecule has 0 bridgehead atoms. The first-order valence-electron chi connectivity index (χ1n) is 5.35. The van der Waals surface area contributed by atoms with Gasteiger partial charge in [-0.1, -0.05) is 12.1 Å². The number of hydrogen-bond donors (Lipinski definition) is 0. The fourth-order valence-corrected chi connectivity index (χ4v) is 1.68. The maximum Gasteiger partial charge on any atom is 0.337 e. The van der Waals surface area contributed by atoms with Gasteiger partial charge in [-0.05, 0) is 24.6 Å². The molecule has 0 unspecified atom stereocenters. The van der Waals surface area contributed by atoms with Crippen LogP contribution in [0.25, 0.3) is 0 Å². The highest BCUT2D eigenvalue weighted by atomic mass is 16.5. The lowest BCUT2D eigenvalue weighted by Crippen LogP contribution is -2.04. The Bertz CT molecular complexity index is 532. The van der Waals surface area contributed by atoms with Gasteiger partial charge >= 0.3 is 5.97 Å². The number of aryl methyl sites for hydroxylation is 1. The lowest BCUT2D eigenvalue weighted by Gasteiger charge is -2.06. The molecule has 0 aliphatic rings. The second kappa shape index (κ2) is 4.82. The van der Waals surface area contributed by atoms with Crippen LogP contribution < -0.4 is 0 Å². The van der Waals surface area contributed by atoms with Crippen LogP contribution in [-0.2, 0) is 11.3 Å². The van der Waals surface area contributed by atoms with Crippen LogP contribution in [0.2, 0.25) is 0 Å². The van der Waals surface area contributed by atoms with Crippen molar-refractivity contribution >= 4 is 5.97 Å². The fraction of sp³-hybridized carbons (Fsp3) is 0.231. The second-order valence-electron chi connectivity index (χ2n) is 3.79. The summed E-state index contributed by atoms with van der Waals surface area (Å²) in [4.78, 5) is 15.6. The van der Waals surface area contributed by atoms with Gasteiger partial charge in [0.25, 0.3) is 0 Å². The number of ether oxygens (including phenoxy) is 1. The van der Waals surface area contributed by atoms with Gasteiger partial charge in [-0.25, -0.2) is 9.78 Å². The lowest BCUT2D eigenvalue weighted by atomic mass is 10.1. The predicted molar refractivity (Wildman–Crippen MR) is 63.8 cm³/mol. The molecule has 4 heteroatoms. The first kappa shape index (κ1) is 11.4. The molecule has 0 atom stereocenters. The highest BCUT2D eigenvalue weighted by molar-refractivity contribution is 5.89. The summed E-state index contributed by atoms with van der Waals surface area (Å²) in [6.45, 7) is 2.65. The number of benzene rings is 1. The molecule has 1 heterocycles. The van der Waals surface area contributed by atoms with Crippen molar-refractivity contribution in [1.82, 2.24) is 9.55 Å². The second-order valence-corrected chi connectivity index (χ2v) is 3.79. The van der Waals surface area contributed by atoms with E-state index < -0.39 is 0 Å². The largest absolute Gasteiger partial charge is 0.465 e. The molecule has 0 fully saturated rings. The maximum atomic E-state index is 11.4. The Morgan fingerprint density at radius 2 is 2.29 bits per heavy atom. The highest BCUT2D eigenvalue weighted by Gasteiger charge is 2.06. The Balaban J connectivity index is 2.22. The number of imidazole rings is 1. The lowest BCUT2D eigenvalue weighted by molar-refractivity contribution is 0.0600. The van der Waals surface area contributed by atoms with Crippen molar-refractivity contribution in [2.75, 3.05) is 7.11 Å². The first-order chi connectivity index (χ1) is 8.20. The van der Waals surface area contributed by atoms with E-state index >= 15 is 0 Å². The van der Waals surface area contributed by atoms with Crippen LogP contribution in [0, 0.1) is 6.92 Å². The molecule has 2 aromatic rings. The first-order valence-corrected chi connectivity index (χ1v) is 5.35. The van der Waals surface area contributed by atoms with E-state index in [0.29, 0.717) is 12.1 Å². The smallest absolute Gasteiger partial charge is 0.337 e. The van der Waals surface area contributed by atoms with Gasteiger partial charge in [0, 0.05) is 18.9 Å². The van der Waals surface area contributed by atoms with E-state index in [0.717, 1.165) is 11.4 Å². The predicted octanol–water partition coefficient (Wildman–Crippen LogP) is 2.03. The molecule has 88 valence electrons. The third kappa shape index (κ3) is 2.53. The van der Waals surface area contributed by atoms with Gasteiger partial charge in [0.05, 0.1) is 12.7 Å². The number of rotatable bonds is 3. The third-order valence-electron chi connectivity index (χ3n) is 2.62. The number of esters is 1. The van der Waals surface area contributed by atoms with Crippen LogP contribution in [0.15, 0.2) is 36.7 Å². The Morgan fingerprint density at radius 1 is 1.47 bits per heavy atom. The van der Waals surface area contributed by atoms with Gasteiger partial charge in [0.2, 0.25) is 0 Å². The molecule has 0 aliphatic heterocycles. The SMILES string of the molecule is COC(=O)c1cccc(Cn2ccnc2C)c1. The van der Waals surface area contributed by atoms with Crippen molar-refractivity contribution in [3.8, 4) is 0 Å². The van der Waals surface area contributed by atoms with Crippen molar-refractivity contribution in [1.29, 1.82) is 0 Å². The van der Waals surface area contributed by atoms with Crippen LogP contribution in [0.1, 0.15) is 21.7 Å². The van der Waals surface area contributed by atoms with Crippen molar-refractivity contribution in [2.24, 2.45) is 0 Å². The molecule has 17 heavy (non-hydrogen) atoms. The topological polar surface area (TPSA) is 44.1 Å². The van der Waals surface area contributed by atoms with Crippen LogP contribution in [0.3, 0.4) is 0 Å². The Hall–Kier alpha value is -2.10. The number of carbonyl (C=O) groups excluding carboxylic acids is 1. The van der Waals surface area contributed by atoms with Crippen LogP contribution >= 0.6 is 0 Å². The van der Waals surface area contributed by atoms with Gasteiger partial charge < -0.3 is 9.30 Å². The zero-order valence-corrected chi connectivity index (χ0v) is 9.88. The molecular weight excluding hydrogens is 216 g/mol. The summed E-state index contributed by atoms with van der Waals surface area (Å²) >= 11 is 0. The third-order valence-corrected chi connectivity index (χ3v) is 2.62. The van der Waals surface area contributed by atoms with Crippen molar-refractivity contribution < 1.29 is 9.53 Å². The monoisotopic (exact) mass is 230 g/mol. The maximum absolute atomic E-state index is 11.4. The van der Waals surface area contributed by atoms with E-state index in [1.807, 2.05) is 35.9 Å². The van der Waals surface area contributed by atoms with Gasteiger partial charge in [0.15, 0.2) is 0 Å². The number of aromatic nitrogens is 2. The summed E-state index contributed by atoms with van der Waals surface area (Å²) in [5.41, 5.74) is 1.62. The molecule has 1 aromatic heterocycles. The number of nitrogens with zero attached hydrogens (tertiary/aromatic N) is 2. The molecule has 0 aliphatic carbocycles. The van der Waals surface area contributed by atoms with Crippen LogP contribution in [-0.4, -0.2) is 22.6 Å². The number of methoxy groups -OCH3 is 1. The van der Waals surface area contributed by atoms with Crippen molar-refractivity contribution in [2.45, 2.75) is 13.5 Å². The van der Waals surface area contributed by atoms with Gasteiger partial charge in [0.1, 0.15) is 5.82 Å². The van der Waals surface area contributed by atoms with E-state index in [9.17, 15) is 4.79 Å². The minimum Gasteiger partial charge on any atom is -0.465 e. The minimum atomic E-state index is -0.311. The summed E-state index contributed by atoms with van der Waals surface area (Å²) in [6.07, 6.45) is 3.68. The van der Waals surface area contributed by atoms with E-state index in [-0.39, 0.29) is 5.97 Å². The van der Waals surface area contributed by atoms with Gasteiger partial charge in [-0.15, -0.1) is 0 Å². The van der Waals surface area contributed by atoms with Crippen molar-refractivity contribution in [3.05, 3.63) is 53.6 Å². The molecule has 1 aromatic carbocycles. The Morgan fingerprint density at radius 3 is 2.94 bits per heavy atom. The standard InChI is InChI=1S/C13H14N2O2/c1-10-14-6-7-15(10)9-11-4-3-5-12(8-11)13(16)17-2/h3-8H,9H2,1-2H3. The molecule has 0 spiro atoms. The molecule has 0 saturated heterocycles. The van der Waals surface area contributed by atoms with E-state index in [2.05, 4.69) is 4.98 Å². The number of hydrogen-bond acceptors (Lipinski definition) is 3. The molecule has 0 radical (unpaired) electrons. The minimum absolute atomic E-state index is 0.311. The molecule has 0 saturated carbocycles. The van der Waals surface area contributed by atoms with E-state index in [4.69, 9.17) is 4.74 Å². The fourth-order valence-electron chi connectivity index (χ4n) is 1.68. The normalized spacial score (nSPS) is 10.2. The average Bonchev–Trinajstić information content (AvgIpc) is 2.74. The summed E-state index contributed by atoms with van der Waals surface area (Å²) in [7, 11) is 1.38. The van der Waals surface area contributed by atoms with Gasteiger partial charge in [-0.2, -0.15) is 0 Å². The summed E-state index contributed by atoms with van der Waals surface area (Å²) in [6, 6.07) is 7.42. The molecule has 2 rings (SSSR count). The number of carbonyl (C=O) groups is 1. The van der Waals surface area contributed by atoms with Crippen LogP contribution in [0.5, 0.6) is 0 Å². The molecule has 4 nitrogen and oxygen atoms in total. The summed E-state index contributed by atoms with van der Waals surface area (Å²) in [5.74, 6) is 0.641. The van der Waals surface area contributed by atoms with Gasteiger partial charge in [-0.3, -0.25) is 0 Å². The quantitative estimate of drug-likeness (QED) is 0.758. The summed E-state index contributed by atoms with van der Waals surface area (Å²) < 4.78 is 6.72. The molecule has 0 amide bonds. The Kier molecular flexibility index (Phi) is 3.23. The van der Waals surface area contributed by atoms with Crippen LogP contribution in [0.4, 0.5) is 0 Å². The molecular formula is C13H14N2O2. The molecule has 0 N–H and O–H groups in total. The van der Waals surface area contributed by atoms with Crippen molar-refractivity contribution in [3.63, 3.8) is 0 Å². The highest BCUT2D eigenvalue weighted by Crippen LogP contribution is 2.09. The zero-order valence-electron chi connectivity index (χ0n) is 9.88. The zero-order chi connectivity index (χ0) is 12.3. The summed E-state index contributed by atoms with van der Waals surface area (Å²) in [5, 5.41) is 0. The van der Waals surface area contributed by atoms with E-state index in [1.165, 1.54) is 7.11 Å².